The zero-order valence-corrected chi connectivity index (χ0v) is 11.9. The molecule has 20 heavy (non-hydrogen) atoms. The Kier molecular flexibility index (Phi) is 3.95. The lowest BCUT2D eigenvalue weighted by molar-refractivity contribution is 0.303. The summed E-state index contributed by atoms with van der Waals surface area (Å²) in [7, 11) is 0. The van der Waals surface area contributed by atoms with E-state index < -0.39 is 0 Å². The molecule has 4 heteroatoms. The molecular formula is C16H16N2OS. The van der Waals surface area contributed by atoms with Crippen molar-refractivity contribution in [3.05, 3.63) is 58.5 Å². The lowest BCUT2D eigenvalue weighted by Gasteiger charge is -2.13. The first kappa shape index (κ1) is 13.1. The highest BCUT2D eigenvalue weighted by atomic mass is 32.1. The Balaban J connectivity index is 1.94. The molecule has 3 rings (SSSR count). The highest BCUT2D eigenvalue weighted by Gasteiger charge is 2.09. The summed E-state index contributed by atoms with van der Waals surface area (Å²) >= 11 is 1.60. The van der Waals surface area contributed by atoms with Gasteiger partial charge < -0.3 is 10.5 Å². The van der Waals surface area contributed by atoms with Gasteiger partial charge in [-0.25, -0.2) is 4.98 Å². The number of hydrogen-bond donors (Lipinski definition) is 1. The summed E-state index contributed by atoms with van der Waals surface area (Å²) in [6, 6.07) is 12.4. The Labute approximate surface area is 122 Å². The molecule has 0 aliphatic rings. The second-order valence-electron chi connectivity index (χ2n) is 4.52. The second-order valence-corrected chi connectivity index (χ2v) is 5.50. The molecule has 0 amide bonds. The third-order valence-electron chi connectivity index (χ3n) is 3.23. The number of thiazole rings is 1. The zero-order chi connectivity index (χ0) is 13.8. The summed E-state index contributed by atoms with van der Waals surface area (Å²) in [5, 5.41) is 5.38. The van der Waals surface area contributed by atoms with Crippen molar-refractivity contribution in [1.29, 1.82) is 0 Å². The Morgan fingerprint density at radius 3 is 2.85 bits per heavy atom. The van der Waals surface area contributed by atoms with Gasteiger partial charge in [0.2, 0.25) is 0 Å². The van der Waals surface area contributed by atoms with Gasteiger partial charge in [-0.2, -0.15) is 0 Å². The highest BCUT2D eigenvalue weighted by molar-refractivity contribution is 7.09. The molecule has 0 fully saturated rings. The molecule has 3 aromatic rings. The summed E-state index contributed by atoms with van der Waals surface area (Å²) in [4.78, 5) is 4.24. The third-order valence-corrected chi connectivity index (χ3v) is 3.98. The molecular weight excluding hydrogens is 268 g/mol. The molecule has 0 atom stereocenters. The van der Waals surface area contributed by atoms with Crippen molar-refractivity contribution in [2.24, 2.45) is 5.73 Å². The van der Waals surface area contributed by atoms with Gasteiger partial charge in [0, 0.05) is 17.1 Å². The molecule has 0 saturated heterocycles. The normalized spacial score (nSPS) is 10.8. The monoisotopic (exact) mass is 284 g/mol. The SMILES string of the molecule is NCCc1c(OCc2nccs2)ccc2ccccc12. The fourth-order valence-corrected chi connectivity index (χ4v) is 2.84. The van der Waals surface area contributed by atoms with Crippen LogP contribution >= 0.6 is 11.3 Å². The number of hydrogen-bond acceptors (Lipinski definition) is 4. The van der Waals surface area contributed by atoms with Gasteiger partial charge in [-0.15, -0.1) is 11.3 Å². The number of ether oxygens (including phenoxy) is 1. The van der Waals surface area contributed by atoms with Crippen LogP contribution in [-0.4, -0.2) is 11.5 Å². The molecule has 0 unspecified atom stereocenters. The molecule has 0 saturated carbocycles. The lowest BCUT2D eigenvalue weighted by atomic mass is 10.0. The van der Waals surface area contributed by atoms with Crippen LogP contribution in [0.15, 0.2) is 48.0 Å². The van der Waals surface area contributed by atoms with Crippen LogP contribution in [0.3, 0.4) is 0 Å². The molecule has 0 aliphatic carbocycles. The van der Waals surface area contributed by atoms with E-state index in [0.717, 1.165) is 17.2 Å². The van der Waals surface area contributed by atoms with Crippen LogP contribution in [0, 0.1) is 0 Å². The van der Waals surface area contributed by atoms with Gasteiger partial charge in [0.15, 0.2) is 0 Å². The molecule has 102 valence electrons. The molecule has 0 spiro atoms. The van der Waals surface area contributed by atoms with E-state index in [2.05, 4.69) is 23.2 Å². The maximum atomic E-state index is 5.93. The number of nitrogens with zero attached hydrogens (tertiary/aromatic N) is 1. The van der Waals surface area contributed by atoms with E-state index in [9.17, 15) is 0 Å². The van der Waals surface area contributed by atoms with E-state index >= 15 is 0 Å². The quantitative estimate of drug-likeness (QED) is 0.781. The predicted octanol–water partition coefficient (Wildman–Crippen LogP) is 3.38. The summed E-state index contributed by atoms with van der Waals surface area (Å²) in [6.45, 7) is 1.12. The van der Waals surface area contributed by atoms with Crippen molar-refractivity contribution in [2.45, 2.75) is 13.0 Å². The first-order chi connectivity index (χ1) is 9.88. The number of benzene rings is 2. The van der Waals surface area contributed by atoms with Crippen LogP contribution in [0.25, 0.3) is 10.8 Å². The minimum atomic E-state index is 0.508. The Morgan fingerprint density at radius 2 is 2.05 bits per heavy atom. The maximum Gasteiger partial charge on any atom is 0.140 e. The fourth-order valence-electron chi connectivity index (χ4n) is 2.32. The summed E-state index contributed by atoms with van der Waals surface area (Å²) < 4.78 is 5.93. The number of nitrogens with two attached hydrogens (primary N) is 1. The van der Waals surface area contributed by atoms with E-state index in [4.69, 9.17) is 10.5 Å². The van der Waals surface area contributed by atoms with Crippen LogP contribution < -0.4 is 10.5 Å². The Bertz CT molecular complexity index is 695. The summed E-state index contributed by atoms with van der Waals surface area (Å²) in [5.74, 6) is 0.907. The lowest BCUT2D eigenvalue weighted by Crippen LogP contribution is -2.06. The van der Waals surface area contributed by atoms with Crippen molar-refractivity contribution in [3.8, 4) is 5.75 Å². The molecule has 1 aromatic heterocycles. The van der Waals surface area contributed by atoms with Crippen LogP contribution in [-0.2, 0) is 13.0 Å². The predicted molar refractivity (Wildman–Crippen MR) is 83.2 cm³/mol. The van der Waals surface area contributed by atoms with E-state index in [1.807, 2.05) is 23.6 Å². The minimum absolute atomic E-state index is 0.508. The molecule has 2 aromatic carbocycles. The van der Waals surface area contributed by atoms with Crippen molar-refractivity contribution in [3.63, 3.8) is 0 Å². The van der Waals surface area contributed by atoms with Crippen molar-refractivity contribution >= 4 is 22.1 Å². The van der Waals surface area contributed by atoms with Crippen molar-refractivity contribution in [1.82, 2.24) is 4.98 Å². The van der Waals surface area contributed by atoms with Gasteiger partial charge in [-0.05, 0) is 29.8 Å². The van der Waals surface area contributed by atoms with Crippen molar-refractivity contribution < 1.29 is 4.74 Å². The first-order valence-corrected chi connectivity index (χ1v) is 7.48. The minimum Gasteiger partial charge on any atom is -0.486 e. The van der Waals surface area contributed by atoms with Gasteiger partial charge in [0.05, 0.1) is 0 Å². The van der Waals surface area contributed by atoms with Gasteiger partial charge in [-0.3, -0.25) is 0 Å². The standard InChI is InChI=1S/C16H16N2OS/c17-8-7-14-13-4-2-1-3-12(13)5-6-15(14)19-11-16-18-9-10-20-16/h1-6,9-10H,7-8,11,17H2. The Morgan fingerprint density at radius 1 is 1.15 bits per heavy atom. The van der Waals surface area contributed by atoms with E-state index in [-0.39, 0.29) is 0 Å². The molecule has 2 N–H and O–H groups in total. The topological polar surface area (TPSA) is 48.1 Å². The van der Waals surface area contributed by atoms with Gasteiger partial charge in [0.25, 0.3) is 0 Å². The number of fused-ring (bicyclic) bond motifs is 1. The zero-order valence-electron chi connectivity index (χ0n) is 11.1. The fraction of sp³-hybridized carbons (Fsp3) is 0.188. The third kappa shape index (κ3) is 2.66. The molecule has 0 bridgehead atoms. The van der Waals surface area contributed by atoms with Crippen molar-refractivity contribution in [2.75, 3.05) is 6.54 Å². The summed E-state index contributed by atoms with van der Waals surface area (Å²) in [6.07, 6.45) is 2.61. The number of rotatable bonds is 5. The molecule has 0 aliphatic heterocycles. The highest BCUT2D eigenvalue weighted by Crippen LogP contribution is 2.29. The van der Waals surface area contributed by atoms with E-state index in [1.54, 1.807) is 17.5 Å². The average molecular weight is 284 g/mol. The van der Waals surface area contributed by atoms with Crippen LogP contribution in [0.1, 0.15) is 10.6 Å². The van der Waals surface area contributed by atoms with Gasteiger partial charge in [-0.1, -0.05) is 30.3 Å². The second kappa shape index (κ2) is 6.03. The largest absolute Gasteiger partial charge is 0.486 e. The van der Waals surface area contributed by atoms with Crippen LogP contribution in [0.5, 0.6) is 5.75 Å². The van der Waals surface area contributed by atoms with E-state index in [0.29, 0.717) is 13.2 Å². The van der Waals surface area contributed by atoms with Crippen LogP contribution in [0.4, 0.5) is 0 Å². The average Bonchev–Trinajstić information content (AvgIpc) is 3.00. The summed E-state index contributed by atoms with van der Waals surface area (Å²) in [5.41, 5.74) is 6.93. The molecule has 0 radical (unpaired) electrons. The molecule has 1 heterocycles. The number of aromatic nitrogens is 1. The molecule has 3 nitrogen and oxygen atoms in total. The maximum absolute atomic E-state index is 5.93. The first-order valence-electron chi connectivity index (χ1n) is 6.60. The van der Waals surface area contributed by atoms with Gasteiger partial charge in [0.1, 0.15) is 17.4 Å². The Hall–Kier alpha value is -1.91. The van der Waals surface area contributed by atoms with E-state index in [1.165, 1.54) is 16.3 Å². The van der Waals surface area contributed by atoms with Crippen LogP contribution in [0.2, 0.25) is 0 Å². The smallest absolute Gasteiger partial charge is 0.140 e. The van der Waals surface area contributed by atoms with Gasteiger partial charge >= 0.3 is 0 Å².